The first-order chi connectivity index (χ1) is 11.0. The molecule has 3 rings (SSSR count). The Morgan fingerprint density at radius 2 is 2.09 bits per heavy atom. The van der Waals surface area contributed by atoms with Gasteiger partial charge in [0.1, 0.15) is 5.82 Å². The van der Waals surface area contributed by atoms with Gasteiger partial charge >= 0.3 is 6.03 Å². The van der Waals surface area contributed by atoms with Gasteiger partial charge in [-0.2, -0.15) is 5.10 Å². The summed E-state index contributed by atoms with van der Waals surface area (Å²) in [7, 11) is 0. The highest BCUT2D eigenvalue weighted by molar-refractivity contribution is 5.88. The first kappa shape index (κ1) is 15.1. The van der Waals surface area contributed by atoms with Crippen molar-refractivity contribution in [2.75, 3.05) is 5.32 Å². The summed E-state index contributed by atoms with van der Waals surface area (Å²) in [5, 5.41) is 9.63. The largest absolute Gasteiger partial charge is 0.340 e. The fourth-order valence-corrected chi connectivity index (χ4v) is 2.35. The van der Waals surface area contributed by atoms with Gasteiger partial charge in [0.25, 0.3) is 0 Å². The van der Waals surface area contributed by atoms with E-state index in [0.29, 0.717) is 12.2 Å². The number of amides is 2. The molecule has 0 radical (unpaired) electrons. The van der Waals surface area contributed by atoms with Crippen molar-refractivity contribution in [2.24, 2.45) is 0 Å². The van der Waals surface area contributed by atoms with E-state index in [0.717, 1.165) is 23.4 Å². The Morgan fingerprint density at radius 1 is 1.30 bits per heavy atom. The molecule has 7 heteroatoms. The topological polar surface area (TPSA) is 87.6 Å². The third-order valence-corrected chi connectivity index (χ3v) is 3.78. The van der Waals surface area contributed by atoms with Crippen LogP contribution in [0, 0.1) is 13.8 Å². The van der Waals surface area contributed by atoms with Gasteiger partial charge in [-0.3, -0.25) is 4.68 Å². The molecular formula is C16H20N6O. The predicted octanol–water partition coefficient (Wildman–Crippen LogP) is 2.72. The number of nitrogens with one attached hydrogen (secondary N) is 3. The fraction of sp³-hybridized carbons (Fsp3) is 0.312. The van der Waals surface area contributed by atoms with Crippen LogP contribution in [0.3, 0.4) is 0 Å². The molecule has 0 aliphatic heterocycles. The number of hydrogen-bond donors (Lipinski definition) is 3. The van der Waals surface area contributed by atoms with Crippen LogP contribution in [-0.4, -0.2) is 25.8 Å². The van der Waals surface area contributed by atoms with Gasteiger partial charge in [-0.15, -0.1) is 0 Å². The molecule has 0 fully saturated rings. The molecule has 0 spiro atoms. The number of nitrogens with zero attached hydrogens (tertiary/aromatic N) is 3. The quantitative estimate of drug-likeness (QED) is 0.692. The molecular weight excluding hydrogens is 292 g/mol. The molecule has 0 aliphatic carbocycles. The van der Waals surface area contributed by atoms with Crippen LogP contribution in [0.15, 0.2) is 24.5 Å². The Labute approximate surface area is 134 Å². The lowest BCUT2D eigenvalue weighted by molar-refractivity contribution is 0.251. The zero-order valence-corrected chi connectivity index (χ0v) is 13.5. The lowest BCUT2D eigenvalue weighted by Crippen LogP contribution is -2.28. The molecule has 0 unspecified atom stereocenters. The van der Waals surface area contributed by atoms with E-state index in [2.05, 4.69) is 45.6 Å². The SMILES string of the molecule is CCn1cc(NC(=O)NCc2nc3cc(C)c(C)cc3[nH]2)cn1. The maximum Gasteiger partial charge on any atom is 0.319 e. The Hall–Kier alpha value is -2.83. The standard InChI is InChI=1S/C16H20N6O/c1-4-22-9-12(7-18-22)19-16(23)17-8-15-20-13-5-10(2)11(3)6-14(13)21-15/h5-7,9H,4,8H2,1-3H3,(H,20,21)(H2,17,19,23). The minimum absolute atomic E-state index is 0.284. The maximum atomic E-state index is 11.9. The van der Waals surface area contributed by atoms with E-state index in [1.807, 2.05) is 13.0 Å². The number of imidazole rings is 1. The fourth-order valence-electron chi connectivity index (χ4n) is 2.35. The van der Waals surface area contributed by atoms with Crippen molar-refractivity contribution in [1.29, 1.82) is 0 Å². The second-order valence-electron chi connectivity index (χ2n) is 5.53. The van der Waals surface area contributed by atoms with Gasteiger partial charge in [0.2, 0.25) is 0 Å². The van der Waals surface area contributed by atoms with E-state index in [1.165, 1.54) is 11.1 Å². The number of anilines is 1. The lowest BCUT2D eigenvalue weighted by atomic mass is 10.1. The van der Waals surface area contributed by atoms with E-state index in [1.54, 1.807) is 17.1 Å². The van der Waals surface area contributed by atoms with Gasteiger partial charge in [-0.1, -0.05) is 0 Å². The van der Waals surface area contributed by atoms with Crippen LogP contribution in [0.1, 0.15) is 23.9 Å². The first-order valence-electron chi connectivity index (χ1n) is 7.58. The summed E-state index contributed by atoms with van der Waals surface area (Å²) in [4.78, 5) is 19.6. The van der Waals surface area contributed by atoms with Crippen LogP contribution in [0.5, 0.6) is 0 Å². The highest BCUT2D eigenvalue weighted by Crippen LogP contribution is 2.17. The number of carbonyl (C=O) groups is 1. The first-order valence-corrected chi connectivity index (χ1v) is 7.58. The Balaban J connectivity index is 1.62. The summed E-state index contributed by atoms with van der Waals surface area (Å²) >= 11 is 0. The van der Waals surface area contributed by atoms with Gasteiger partial charge < -0.3 is 15.6 Å². The number of benzene rings is 1. The monoisotopic (exact) mass is 312 g/mol. The van der Waals surface area contributed by atoms with E-state index in [9.17, 15) is 4.79 Å². The average Bonchev–Trinajstić information content (AvgIpc) is 3.12. The van der Waals surface area contributed by atoms with Gasteiger partial charge in [-0.05, 0) is 44.0 Å². The van der Waals surface area contributed by atoms with Crippen LogP contribution < -0.4 is 10.6 Å². The van der Waals surface area contributed by atoms with Crippen molar-refractivity contribution in [3.8, 4) is 0 Å². The molecule has 120 valence electrons. The molecule has 2 amide bonds. The van der Waals surface area contributed by atoms with Crippen LogP contribution in [-0.2, 0) is 13.1 Å². The van der Waals surface area contributed by atoms with Crippen molar-refractivity contribution in [2.45, 2.75) is 33.9 Å². The summed E-state index contributed by atoms with van der Waals surface area (Å²) < 4.78 is 1.75. The number of aromatic amines is 1. The van der Waals surface area contributed by atoms with Gasteiger partial charge in [0.05, 0.1) is 29.5 Å². The van der Waals surface area contributed by atoms with Gasteiger partial charge in [0, 0.05) is 12.7 Å². The smallest absolute Gasteiger partial charge is 0.319 e. The number of H-pyrrole nitrogens is 1. The molecule has 2 aromatic heterocycles. The summed E-state index contributed by atoms with van der Waals surface area (Å²) in [5.41, 5.74) is 4.98. The van der Waals surface area contributed by atoms with E-state index in [4.69, 9.17) is 0 Å². The summed E-state index contributed by atoms with van der Waals surface area (Å²) in [6.45, 7) is 7.21. The van der Waals surface area contributed by atoms with Crippen LogP contribution in [0.4, 0.5) is 10.5 Å². The third-order valence-electron chi connectivity index (χ3n) is 3.78. The van der Waals surface area contributed by atoms with E-state index >= 15 is 0 Å². The highest BCUT2D eigenvalue weighted by Gasteiger charge is 2.07. The molecule has 0 atom stereocenters. The number of urea groups is 1. The van der Waals surface area contributed by atoms with Crippen LogP contribution >= 0.6 is 0 Å². The Morgan fingerprint density at radius 3 is 2.83 bits per heavy atom. The van der Waals surface area contributed by atoms with E-state index < -0.39 is 0 Å². The second kappa shape index (κ2) is 6.12. The Bertz CT molecular complexity index is 808. The van der Waals surface area contributed by atoms with Crippen molar-refractivity contribution in [3.05, 3.63) is 41.5 Å². The minimum Gasteiger partial charge on any atom is -0.340 e. The molecule has 3 aromatic rings. The molecule has 0 bridgehead atoms. The Kier molecular flexibility index (Phi) is 4.01. The number of rotatable bonds is 4. The average molecular weight is 312 g/mol. The zero-order valence-electron chi connectivity index (χ0n) is 13.5. The molecule has 0 aliphatic rings. The molecule has 2 heterocycles. The number of aryl methyl sites for hydroxylation is 3. The van der Waals surface area contributed by atoms with Gasteiger partial charge in [-0.25, -0.2) is 9.78 Å². The third kappa shape index (κ3) is 3.33. The number of carbonyl (C=O) groups excluding carboxylic acids is 1. The lowest BCUT2D eigenvalue weighted by Gasteiger charge is -2.03. The molecule has 0 saturated carbocycles. The molecule has 1 aromatic carbocycles. The molecule has 3 N–H and O–H groups in total. The second-order valence-corrected chi connectivity index (χ2v) is 5.53. The van der Waals surface area contributed by atoms with Gasteiger partial charge in [0.15, 0.2) is 0 Å². The maximum absolute atomic E-state index is 11.9. The summed E-state index contributed by atoms with van der Waals surface area (Å²) in [6.07, 6.45) is 3.40. The van der Waals surface area contributed by atoms with Crippen LogP contribution in [0.25, 0.3) is 11.0 Å². The zero-order chi connectivity index (χ0) is 16.4. The molecule has 0 saturated heterocycles. The minimum atomic E-state index is -0.284. The highest BCUT2D eigenvalue weighted by atomic mass is 16.2. The number of aromatic nitrogens is 4. The van der Waals surface area contributed by atoms with E-state index in [-0.39, 0.29) is 6.03 Å². The normalized spacial score (nSPS) is 10.9. The predicted molar refractivity (Wildman–Crippen MR) is 89.3 cm³/mol. The summed E-state index contributed by atoms with van der Waals surface area (Å²) in [6, 6.07) is 3.83. The van der Waals surface area contributed by atoms with Crippen molar-refractivity contribution >= 4 is 22.8 Å². The van der Waals surface area contributed by atoms with Crippen molar-refractivity contribution < 1.29 is 4.79 Å². The number of fused-ring (bicyclic) bond motifs is 1. The van der Waals surface area contributed by atoms with Crippen molar-refractivity contribution in [1.82, 2.24) is 25.1 Å². The van der Waals surface area contributed by atoms with Crippen LogP contribution in [0.2, 0.25) is 0 Å². The molecule has 7 nitrogen and oxygen atoms in total. The molecule has 23 heavy (non-hydrogen) atoms. The van der Waals surface area contributed by atoms with Crippen molar-refractivity contribution in [3.63, 3.8) is 0 Å². The summed E-state index contributed by atoms with van der Waals surface area (Å²) in [5.74, 6) is 0.726. The number of hydrogen-bond acceptors (Lipinski definition) is 3.